The molecular weight excluding hydrogens is 358 g/mol. The Morgan fingerprint density at radius 3 is 2.04 bits per heavy atom. The fourth-order valence-corrected chi connectivity index (χ4v) is 3.43. The molecule has 148 valence electrons. The monoisotopic (exact) mass is 383 g/mol. The van der Waals surface area contributed by atoms with E-state index >= 15 is 0 Å². The smallest absolute Gasteiger partial charge is 0.248 e. The van der Waals surface area contributed by atoms with Crippen LogP contribution >= 0.6 is 0 Å². The lowest BCUT2D eigenvalue weighted by Gasteiger charge is -2.14. The van der Waals surface area contributed by atoms with Gasteiger partial charge < -0.3 is 24.3 Å². The minimum Gasteiger partial charge on any atom is -0.493 e. The lowest BCUT2D eigenvalue weighted by molar-refractivity contribution is -0.116. The average molecular weight is 383 g/mol. The number of allylic oxidation sites excluding steroid dienone is 1. The second-order valence-corrected chi connectivity index (χ2v) is 6.52. The lowest BCUT2D eigenvalue weighted by atomic mass is 9.96. The molecule has 0 spiro atoms. The van der Waals surface area contributed by atoms with Gasteiger partial charge in [-0.3, -0.25) is 4.79 Å². The molecule has 1 unspecified atom stereocenters. The van der Waals surface area contributed by atoms with Crippen molar-refractivity contribution in [3.63, 3.8) is 0 Å². The summed E-state index contributed by atoms with van der Waals surface area (Å²) in [6, 6.07) is 11.2. The number of amides is 1. The molecule has 6 heteroatoms. The molecule has 1 fully saturated rings. The first-order valence-corrected chi connectivity index (χ1v) is 8.97. The van der Waals surface area contributed by atoms with Crippen molar-refractivity contribution < 1.29 is 23.7 Å². The van der Waals surface area contributed by atoms with Gasteiger partial charge in [-0.2, -0.15) is 0 Å². The fourth-order valence-electron chi connectivity index (χ4n) is 3.43. The summed E-state index contributed by atoms with van der Waals surface area (Å²) in [5.74, 6) is 2.53. The van der Waals surface area contributed by atoms with Crippen molar-refractivity contribution in [1.29, 1.82) is 0 Å². The number of methoxy groups -OCH3 is 4. The second kappa shape index (κ2) is 8.25. The van der Waals surface area contributed by atoms with Gasteiger partial charge in [-0.05, 0) is 47.9 Å². The molecule has 1 amide bonds. The number of nitrogens with one attached hydrogen (secondary N) is 1. The maximum Gasteiger partial charge on any atom is 0.248 e. The van der Waals surface area contributed by atoms with E-state index in [4.69, 9.17) is 18.9 Å². The molecule has 2 aromatic carbocycles. The Morgan fingerprint density at radius 2 is 1.43 bits per heavy atom. The molecule has 3 rings (SSSR count). The highest BCUT2D eigenvalue weighted by atomic mass is 16.5. The highest BCUT2D eigenvalue weighted by molar-refractivity contribution is 6.03. The maximum absolute atomic E-state index is 12.6. The van der Waals surface area contributed by atoms with Crippen molar-refractivity contribution in [3.8, 4) is 23.0 Å². The van der Waals surface area contributed by atoms with Crippen LogP contribution in [0.4, 0.5) is 0 Å². The van der Waals surface area contributed by atoms with Crippen LogP contribution in [0.3, 0.4) is 0 Å². The number of rotatable bonds is 6. The zero-order valence-corrected chi connectivity index (χ0v) is 16.8. The number of hydrogen-bond donors (Lipinski definition) is 1. The third-order valence-electron chi connectivity index (χ3n) is 5.07. The number of carbonyl (C=O) groups is 1. The first-order chi connectivity index (χ1) is 13.5. The van der Waals surface area contributed by atoms with Crippen LogP contribution < -0.4 is 24.3 Å². The van der Waals surface area contributed by atoms with E-state index in [2.05, 4.69) is 5.32 Å². The summed E-state index contributed by atoms with van der Waals surface area (Å²) in [4.78, 5) is 12.6. The molecule has 0 radical (unpaired) electrons. The molecule has 0 aromatic heterocycles. The van der Waals surface area contributed by atoms with Gasteiger partial charge in [0.2, 0.25) is 5.91 Å². The molecule has 1 atom stereocenters. The van der Waals surface area contributed by atoms with Gasteiger partial charge in [0.25, 0.3) is 0 Å². The van der Waals surface area contributed by atoms with Crippen LogP contribution in [0.2, 0.25) is 0 Å². The van der Waals surface area contributed by atoms with Crippen molar-refractivity contribution in [3.05, 3.63) is 53.1 Å². The molecule has 0 aliphatic carbocycles. The van der Waals surface area contributed by atoms with E-state index in [0.717, 1.165) is 22.3 Å². The number of hydrogen-bond acceptors (Lipinski definition) is 5. The topological polar surface area (TPSA) is 66.0 Å². The summed E-state index contributed by atoms with van der Waals surface area (Å²) in [5.41, 5.74) is 3.57. The van der Waals surface area contributed by atoms with Gasteiger partial charge >= 0.3 is 0 Å². The van der Waals surface area contributed by atoms with Crippen molar-refractivity contribution in [2.45, 2.75) is 19.4 Å². The maximum atomic E-state index is 12.6. The lowest BCUT2D eigenvalue weighted by Crippen LogP contribution is -2.19. The van der Waals surface area contributed by atoms with Crippen molar-refractivity contribution in [2.24, 2.45) is 0 Å². The van der Waals surface area contributed by atoms with Crippen molar-refractivity contribution in [2.75, 3.05) is 28.4 Å². The first kappa shape index (κ1) is 19.6. The Kier molecular flexibility index (Phi) is 5.78. The molecule has 1 aliphatic rings. The van der Waals surface area contributed by atoms with Crippen LogP contribution in [0.1, 0.15) is 30.5 Å². The van der Waals surface area contributed by atoms with E-state index in [1.54, 1.807) is 28.4 Å². The minimum atomic E-state index is -0.114. The van der Waals surface area contributed by atoms with Crippen LogP contribution in [-0.2, 0) is 4.79 Å². The summed E-state index contributed by atoms with van der Waals surface area (Å²) in [7, 11) is 6.39. The van der Waals surface area contributed by atoms with Crippen LogP contribution in [0.5, 0.6) is 23.0 Å². The van der Waals surface area contributed by atoms with Gasteiger partial charge in [0.05, 0.1) is 34.5 Å². The molecule has 0 saturated carbocycles. The Morgan fingerprint density at radius 1 is 0.857 bits per heavy atom. The highest BCUT2D eigenvalue weighted by Gasteiger charge is 2.30. The Labute approximate surface area is 165 Å². The van der Waals surface area contributed by atoms with Crippen molar-refractivity contribution in [1.82, 2.24) is 5.32 Å². The third kappa shape index (κ3) is 3.63. The number of carbonyl (C=O) groups excluding carboxylic acids is 1. The third-order valence-corrected chi connectivity index (χ3v) is 5.07. The SMILES string of the molecule is COc1ccc(/C(C)=C2\CC(c3ccc(OC)c(OC)c3)NC2=O)cc1OC. The van der Waals surface area contributed by atoms with Crippen LogP contribution in [0.25, 0.3) is 5.57 Å². The molecule has 1 heterocycles. The summed E-state index contributed by atoms with van der Waals surface area (Å²) in [6.07, 6.45) is 0.592. The van der Waals surface area contributed by atoms with Crippen LogP contribution in [-0.4, -0.2) is 34.3 Å². The Hall–Kier alpha value is -3.15. The van der Waals surface area contributed by atoms with E-state index in [-0.39, 0.29) is 11.9 Å². The molecule has 28 heavy (non-hydrogen) atoms. The number of ether oxygens (including phenoxy) is 4. The quantitative estimate of drug-likeness (QED) is 0.770. The molecular formula is C22H25NO5. The van der Waals surface area contributed by atoms with Gasteiger partial charge in [-0.15, -0.1) is 0 Å². The van der Waals surface area contributed by atoms with E-state index in [1.807, 2.05) is 43.3 Å². The first-order valence-electron chi connectivity index (χ1n) is 8.97. The zero-order chi connectivity index (χ0) is 20.3. The standard InChI is InChI=1S/C22H25NO5/c1-13(14-6-8-18(25-2)20(10-14)27-4)16-12-17(23-22(16)24)15-7-9-19(26-3)21(11-15)28-5/h6-11,17H,12H2,1-5H3,(H,23,24)/b16-13+. The minimum absolute atomic E-state index is 0.0629. The zero-order valence-electron chi connectivity index (χ0n) is 16.8. The summed E-state index contributed by atoms with van der Waals surface area (Å²) in [6.45, 7) is 1.95. The Bertz CT molecular complexity index is 919. The van der Waals surface area contributed by atoms with Crippen LogP contribution in [0, 0.1) is 0 Å². The molecule has 2 aromatic rings. The summed E-state index contributed by atoms with van der Waals surface area (Å²) < 4.78 is 21.3. The highest BCUT2D eigenvalue weighted by Crippen LogP contribution is 2.38. The summed E-state index contributed by atoms with van der Waals surface area (Å²) >= 11 is 0. The van der Waals surface area contributed by atoms with E-state index < -0.39 is 0 Å². The molecule has 0 bridgehead atoms. The molecule has 1 saturated heterocycles. The average Bonchev–Trinajstić information content (AvgIpc) is 3.13. The largest absolute Gasteiger partial charge is 0.493 e. The second-order valence-electron chi connectivity index (χ2n) is 6.52. The number of benzene rings is 2. The van der Waals surface area contributed by atoms with E-state index in [1.165, 1.54) is 0 Å². The van der Waals surface area contributed by atoms with E-state index in [9.17, 15) is 4.79 Å². The van der Waals surface area contributed by atoms with Gasteiger partial charge in [0.1, 0.15) is 0 Å². The van der Waals surface area contributed by atoms with E-state index in [0.29, 0.717) is 29.4 Å². The molecule has 1 aliphatic heterocycles. The predicted octanol–water partition coefficient (Wildman–Crippen LogP) is 3.76. The Balaban J connectivity index is 1.91. The van der Waals surface area contributed by atoms with Crippen molar-refractivity contribution >= 4 is 11.5 Å². The predicted molar refractivity (Wildman–Crippen MR) is 107 cm³/mol. The molecule has 6 nitrogen and oxygen atoms in total. The summed E-state index contributed by atoms with van der Waals surface area (Å²) in [5, 5.41) is 3.06. The van der Waals surface area contributed by atoms with Crippen LogP contribution in [0.15, 0.2) is 42.0 Å². The van der Waals surface area contributed by atoms with Gasteiger partial charge in [-0.1, -0.05) is 12.1 Å². The molecule has 1 N–H and O–H groups in total. The normalized spacial score (nSPS) is 17.8. The van der Waals surface area contributed by atoms with Gasteiger partial charge in [-0.25, -0.2) is 0 Å². The fraction of sp³-hybridized carbons (Fsp3) is 0.318. The van der Waals surface area contributed by atoms with Gasteiger partial charge in [0, 0.05) is 12.0 Å². The van der Waals surface area contributed by atoms with Gasteiger partial charge in [0.15, 0.2) is 23.0 Å².